The zero-order valence-corrected chi connectivity index (χ0v) is 11.0. The molecule has 0 aliphatic heterocycles. The number of carbonyl (C=O) groups is 1. The van der Waals surface area contributed by atoms with Crippen LogP contribution in [0.2, 0.25) is 0 Å². The lowest BCUT2D eigenvalue weighted by Crippen LogP contribution is -2.48. The number of rotatable bonds is 4. The molecular formula is C13H22N4O. The van der Waals surface area contributed by atoms with Gasteiger partial charge in [-0.3, -0.25) is 4.79 Å². The first kappa shape index (κ1) is 13.1. The van der Waals surface area contributed by atoms with Gasteiger partial charge in [-0.25, -0.2) is 4.98 Å². The van der Waals surface area contributed by atoms with Crippen LogP contribution < -0.4 is 11.1 Å². The summed E-state index contributed by atoms with van der Waals surface area (Å²) in [6.45, 7) is 3.93. The van der Waals surface area contributed by atoms with Gasteiger partial charge >= 0.3 is 0 Å². The van der Waals surface area contributed by atoms with Crippen molar-refractivity contribution < 1.29 is 4.79 Å². The molecule has 0 radical (unpaired) electrons. The van der Waals surface area contributed by atoms with Crippen LogP contribution >= 0.6 is 0 Å². The van der Waals surface area contributed by atoms with E-state index in [2.05, 4.69) is 14.9 Å². The lowest BCUT2D eigenvalue weighted by molar-refractivity contribution is -0.124. The highest BCUT2D eigenvalue weighted by Crippen LogP contribution is 2.29. The van der Waals surface area contributed by atoms with Crippen molar-refractivity contribution in [3.05, 3.63) is 18.7 Å². The highest BCUT2D eigenvalue weighted by Gasteiger charge is 2.31. The van der Waals surface area contributed by atoms with Crippen molar-refractivity contribution in [3.63, 3.8) is 0 Å². The summed E-state index contributed by atoms with van der Waals surface area (Å²) in [5.74, 6) is 0.125. The number of amides is 1. The van der Waals surface area contributed by atoms with Crippen molar-refractivity contribution in [2.45, 2.75) is 51.2 Å². The molecule has 3 unspecified atom stereocenters. The summed E-state index contributed by atoms with van der Waals surface area (Å²) >= 11 is 0. The van der Waals surface area contributed by atoms with E-state index in [0.717, 1.165) is 19.3 Å². The Morgan fingerprint density at radius 3 is 2.89 bits per heavy atom. The van der Waals surface area contributed by atoms with Gasteiger partial charge in [-0.2, -0.15) is 0 Å². The van der Waals surface area contributed by atoms with Gasteiger partial charge in [0.1, 0.15) is 0 Å². The minimum Gasteiger partial charge on any atom is -0.350 e. The molecule has 1 aliphatic carbocycles. The Bertz CT molecular complexity index is 388. The standard InChI is InChI=1S/C13H22N4O/c1-9(2)12(14)13(18)16-10-4-3-5-11(10)17-7-6-15-8-17/h6-12H,3-5,14H2,1-2H3,(H,16,18). The largest absolute Gasteiger partial charge is 0.350 e. The van der Waals surface area contributed by atoms with E-state index in [-0.39, 0.29) is 17.9 Å². The van der Waals surface area contributed by atoms with Gasteiger partial charge in [-0.05, 0) is 25.2 Å². The van der Waals surface area contributed by atoms with Gasteiger partial charge in [0, 0.05) is 18.4 Å². The van der Waals surface area contributed by atoms with Crippen molar-refractivity contribution in [1.29, 1.82) is 0 Å². The quantitative estimate of drug-likeness (QED) is 0.839. The van der Waals surface area contributed by atoms with Gasteiger partial charge < -0.3 is 15.6 Å². The topological polar surface area (TPSA) is 72.9 Å². The SMILES string of the molecule is CC(C)C(N)C(=O)NC1CCCC1n1ccnc1. The van der Waals surface area contributed by atoms with Crippen molar-refractivity contribution in [2.75, 3.05) is 0 Å². The molecule has 1 fully saturated rings. The van der Waals surface area contributed by atoms with Crippen molar-refractivity contribution >= 4 is 5.91 Å². The molecule has 2 rings (SSSR count). The zero-order chi connectivity index (χ0) is 13.1. The van der Waals surface area contributed by atoms with Gasteiger partial charge in [0.05, 0.1) is 18.4 Å². The Morgan fingerprint density at radius 1 is 1.50 bits per heavy atom. The van der Waals surface area contributed by atoms with Crippen LogP contribution in [0.5, 0.6) is 0 Å². The first-order valence-electron chi connectivity index (χ1n) is 6.63. The molecule has 1 saturated carbocycles. The van der Waals surface area contributed by atoms with E-state index >= 15 is 0 Å². The molecule has 1 aromatic rings. The molecule has 5 heteroatoms. The van der Waals surface area contributed by atoms with Crippen LogP contribution in [0.3, 0.4) is 0 Å². The first-order chi connectivity index (χ1) is 8.59. The molecule has 0 bridgehead atoms. The van der Waals surface area contributed by atoms with Crippen LogP contribution in [-0.4, -0.2) is 27.5 Å². The number of nitrogens with two attached hydrogens (primary N) is 1. The average Bonchev–Trinajstić information content (AvgIpc) is 2.96. The molecule has 1 amide bonds. The van der Waals surface area contributed by atoms with E-state index in [1.165, 1.54) is 0 Å². The summed E-state index contributed by atoms with van der Waals surface area (Å²) in [7, 11) is 0. The third-order valence-electron chi connectivity index (χ3n) is 3.74. The average molecular weight is 250 g/mol. The molecule has 3 atom stereocenters. The molecule has 3 N–H and O–H groups in total. The van der Waals surface area contributed by atoms with Crippen LogP contribution in [0.1, 0.15) is 39.2 Å². The van der Waals surface area contributed by atoms with E-state index < -0.39 is 6.04 Å². The smallest absolute Gasteiger partial charge is 0.237 e. The number of carbonyl (C=O) groups excluding carboxylic acids is 1. The normalized spacial score (nSPS) is 25.3. The Labute approximate surface area is 108 Å². The Morgan fingerprint density at radius 2 is 2.28 bits per heavy atom. The van der Waals surface area contributed by atoms with E-state index in [1.807, 2.05) is 26.4 Å². The number of imidazole rings is 1. The molecule has 0 spiro atoms. The van der Waals surface area contributed by atoms with Crippen LogP contribution in [-0.2, 0) is 4.79 Å². The van der Waals surface area contributed by atoms with Gasteiger partial charge in [-0.1, -0.05) is 13.8 Å². The second-order valence-electron chi connectivity index (χ2n) is 5.39. The number of nitrogens with zero attached hydrogens (tertiary/aromatic N) is 2. The van der Waals surface area contributed by atoms with Crippen molar-refractivity contribution in [1.82, 2.24) is 14.9 Å². The molecule has 1 aromatic heterocycles. The molecule has 0 saturated heterocycles. The van der Waals surface area contributed by atoms with Crippen LogP contribution in [0.25, 0.3) is 0 Å². The maximum absolute atomic E-state index is 12.0. The molecule has 0 aromatic carbocycles. The zero-order valence-electron chi connectivity index (χ0n) is 11.0. The lowest BCUT2D eigenvalue weighted by atomic mass is 10.0. The fraction of sp³-hybridized carbons (Fsp3) is 0.692. The summed E-state index contributed by atoms with van der Waals surface area (Å²) in [6.07, 6.45) is 8.77. The minimum atomic E-state index is -0.422. The van der Waals surface area contributed by atoms with E-state index in [1.54, 1.807) is 6.20 Å². The van der Waals surface area contributed by atoms with Crippen LogP contribution in [0.15, 0.2) is 18.7 Å². The number of nitrogens with one attached hydrogen (secondary N) is 1. The van der Waals surface area contributed by atoms with Crippen molar-refractivity contribution in [3.8, 4) is 0 Å². The van der Waals surface area contributed by atoms with Gasteiger partial charge in [0.25, 0.3) is 0 Å². The van der Waals surface area contributed by atoms with Crippen LogP contribution in [0, 0.1) is 5.92 Å². The van der Waals surface area contributed by atoms with E-state index in [4.69, 9.17) is 5.73 Å². The third-order valence-corrected chi connectivity index (χ3v) is 3.74. The summed E-state index contributed by atoms with van der Waals surface area (Å²) in [5, 5.41) is 3.09. The molecular weight excluding hydrogens is 228 g/mol. The number of aromatic nitrogens is 2. The number of hydrogen-bond acceptors (Lipinski definition) is 3. The highest BCUT2D eigenvalue weighted by molar-refractivity contribution is 5.82. The summed E-state index contributed by atoms with van der Waals surface area (Å²) < 4.78 is 2.08. The molecule has 1 aliphatic rings. The fourth-order valence-corrected chi connectivity index (χ4v) is 2.51. The molecule has 100 valence electrons. The summed E-state index contributed by atoms with van der Waals surface area (Å²) in [6, 6.07) is 0.0707. The third kappa shape index (κ3) is 2.72. The van der Waals surface area contributed by atoms with Gasteiger partial charge in [0.15, 0.2) is 0 Å². The van der Waals surface area contributed by atoms with E-state index in [0.29, 0.717) is 6.04 Å². The van der Waals surface area contributed by atoms with Crippen molar-refractivity contribution in [2.24, 2.45) is 11.7 Å². The second-order valence-corrected chi connectivity index (χ2v) is 5.39. The second kappa shape index (κ2) is 5.52. The Hall–Kier alpha value is -1.36. The van der Waals surface area contributed by atoms with Gasteiger partial charge in [-0.15, -0.1) is 0 Å². The maximum atomic E-state index is 12.0. The minimum absolute atomic E-state index is 0.0398. The molecule has 1 heterocycles. The monoisotopic (exact) mass is 250 g/mol. The predicted molar refractivity (Wildman–Crippen MR) is 69.9 cm³/mol. The highest BCUT2D eigenvalue weighted by atomic mass is 16.2. The predicted octanol–water partition coefficient (Wildman–Crippen LogP) is 1.08. The van der Waals surface area contributed by atoms with Crippen LogP contribution in [0.4, 0.5) is 0 Å². The van der Waals surface area contributed by atoms with E-state index in [9.17, 15) is 4.79 Å². The number of hydrogen-bond donors (Lipinski definition) is 2. The molecule has 18 heavy (non-hydrogen) atoms. The summed E-state index contributed by atoms with van der Waals surface area (Å²) in [5.41, 5.74) is 5.87. The lowest BCUT2D eigenvalue weighted by Gasteiger charge is -2.24. The van der Waals surface area contributed by atoms with Gasteiger partial charge in [0.2, 0.25) is 5.91 Å². The maximum Gasteiger partial charge on any atom is 0.237 e. The Kier molecular flexibility index (Phi) is 4.01. The first-order valence-corrected chi connectivity index (χ1v) is 6.63. The summed E-state index contributed by atoms with van der Waals surface area (Å²) in [4.78, 5) is 16.1. The fourth-order valence-electron chi connectivity index (χ4n) is 2.51. The molecule has 5 nitrogen and oxygen atoms in total. The Balaban J connectivity index is 1.98.